The Morgan fingerprint density at radius 1 is 1.24 bits per heavy atom. The molecule has 1 rings (SSSR count). The van der Waals surface area contributed by atoms with Gasteiger partial charge in [-0.15, -0.1) is 0 Å². The molecule has 1 aromatic rings. The summed E-state index contributed by atoms with van der Waals surface area (Å²) in [6.45, 7) is 3.39. The number of aliphatic hydroxyl groups is 2. The summed E-state index contributed by atoms with van der Waals surface area (Å²) >= 11 is 0. The van der Waals surface area contributed by atoms with Gasteiger partial charge in [0.05, 0.1) is 17.6 Å². The minimum atomic E-state index is -0.710. The topological polar surface area (TPSA) is 83.8 Å². The molecule has 0 aliphatic heterocycles. The van der Waals surface area contributed by atoms with E-state index in [1.165, 1.54) is 6.07 Å². The standard InChI is InChI=1S/C16H22O5/c1-11(2)15(19)21-16(20)13-7-5-6-12(10-13)14(18)8-3-4-9-17/h5-7,10-11,14,17-18H,3-4,8-9H2,1-2H3. The van der Waals surface area contributed by atoms with Crippen molar-refractivity contribution in [3.05, 3.63) is 35.4 Å². The first-order valence-corrected chi connectivity index (χ1v) is 7.10. The van der Waals surface area contributed by atoms with Gasteiger partial charge in [-0.2, -0.15) is 0 Å². The van der Waals surface area contributed by atoms with Crippen molar-refractivity contribution in [2.24, 2.45) is 5.92 Å². The molecule has 0 heterocycles. The lowest BCUT2D eigenvalue weighted by atomic mass is 10.0. The van der Waals surface area contributed by atoms with Crippen LogP contribution in [0.1, 0.15) is 55.1 Å². The molecule has 1 aromatic carbocycles. The molecule has 21 heavy (non-hydrogen) atoms. The van der Waals surface area contributed by atoms with Gasteiger partial charge < -0.3 is 14.9 Å². The molecule has 1 unspecified atom stereocenters. The lowest BCUT2D eigenvalue weighted by molar-refractivity contribution is -0.141. The van der Waals surface area contributed by atoms with Crippen molar-refractivity contribution < 1.29 is 24.5 Å². The molecule has 0 saturated carbocycles. The molecule has 0 fully saturated rings. The van der Waals surface area contributed by atoms with Crippen molar-refractivity contribution in [3.63, 3.8) is 0 Å². The van der Waals surface area contributed by atoms with E-state index in [0.717, 1.165) is 0 Å². The van der Waals surface area contributed by atoms with E-state index in [9.17, 15) is 14.7 Å². The Hall–Kier alpha value is -1.72. The van der Waals surface area contributed by atoms with Gasteiger partial charge in [-0.05, 0) is 37.0 Å². The Kier molecular flexibility index (Phi) is 7.05. The second-order valence-corrected chi connectivity index (χ2v) is 5.22. The van der Waals surface area contributed by atoms with Crippen molar-refractivity contribution in [3.8, 4) is 0 Å². The molecule has 0 radical (unpaired) electrons. The molecule has 0 bridgehead atoms. The van der Waals surface area contributed by atoms with Crippen LogP contribution in [-0.4, -0.2) is 28.8 Å². The molecule has 1 atom stereocenters. The average Bonchev–Trinajstić information content (AvgIpc) is 2.47. The van der Waals surface area contributed by atoms with Crippen LogP contribution in [-0.2, 0) is 9.53 Å². The van der Waals surface area contributed by atoms with Gasteiger partial charge in [0.1, 0.15) is 0 Å². The molecule has 0 amide bonds. The van der Waals surface area contributed by atoms with Crippen molar-refractivity contribution >= 4 is 11.9 Å². The SMILES string of the molecule is CC(C)C(=O)OC(=O)c1cccc(C(O)CCCCO)c1. The van der Waals surface area contributed by atoms with Crippen LogP contribution in [0.5, 0.6) is 0 Å². The van der Waals surface area contributed by atoms with E-state index in [1.807, 2.05) is 0 Å². The maximum atomic E-state index is 11.8. The molecule has 5 nitrogen and oxygen atoms in total. The molecule has 0 aliphatic carbocycles. The zero-order valence-electron chi connectivity index (χ0n) is 12.4. The van der Waals surface area contributed by atoms with Crippen molar-refractivity contribution in [1.29, 1.82) is 0 Å². The smallest absolute Gasteiger partial charge is 0.345 e. The predicted octanol–water partition coefficient (Wildman–Crippen LogP) is 2.22. The fourth-order valence-electron chi connectivity index (χ4n) is 1.76. The Morgan fingerprint density at radius 2 is 1.95 bits per heavy atom. The molecule has 116 valence electrons. The van der Waals surface area contributed by atoms with Gasteiger partial charge >= 0.3 is 11.9 Å². The van der Waals surface area contributed by atoms with E-state index in [4.69, 9.17) is 9.84 Å². The fraction of sp³-hybridized carbons (Fsp3) is 0.500. The van der Waals surface area contributed by atoms with Gasteiger partial charge in [-0.3, -0.25) is 4.79 Å². The monoisotopic (exact) mass is 294 g/mol. The molecule has 0 spiro atoms. The van der Waals surface area contributed by atoms with Crippen molar-refractivity contribution in [2.45, 2.75) is 39.2 Å². The summed E-state index contributed by atoms with van der Waals surface area (Å²) in [4.78, 5) is 23.2. The number of ether oxygens (including phenoxy) is 1. The van der Waals surface area contributed by atoms with Crippen LogP contribution in [0.2, 0.25) is 0 Å². The quantitative estimate of drug-likeness (QED) is 0.457. The Balaban J connectivity index is 2.71. The second kappa shape index (κ2) is 8.54. The van der Waals surface area contributed by atoms with E-state index in [1.54, 1.807) is 32.0 Å². The van der Waals surface area contributed by atoms with Gasteiger partial charge in [0.25, 0.3) is 0 Å². The highest BCUT2D eigenvalue weighted by molar-refractivity contribution is 5.97. The largest absolute Gasteiger partial charge is 0.396 e. The van der Waals surface area contributed by atoms with Crippen LogP contribution in [0.15, 0.2) is 24.3 Å². The first-order valence-electron chi connectivity index (χ1n) is 7.10. The lowest BCUT2D eigenvalue weighted by Gasteiger charge is -2.12. The minimum Gasteiger partial charge on any atom is -0.396 e. The van der Waals surface area contributed by atoms with Gasteiger partial charge in [0.2, 0.25) is 0 Å². The van der Waals surface area contributed by atoms with E-state index in [0.29, 0.717) is 24.8 Å². The highest BCUT2D eigenvalue weighted by Gasteiger charge is 2.17. The van der Waals surface area contributed by atoms with Crippen LogP contribution >= 0.6 is 0 Å². The van der Waals surface area contributed by atoms with Crippen molar-refractivity contribution in [2.75, 3.05) is 6.61 Å². The Labute approximate surface area is 124 Å². The number of hydrogen-bond donors (Lipinski definition) is 2. The van der Waals surface area contributed by atoms with Crippen LogP contribution < -0.4 is 0 Å². The third-order valence-electron chi connectivity index (χ3n) is 3.06. The van der Waals surface area contributed by atoms with Gasteiger partial charge in [-0.1, -0.05) is 26.0 Å². The van der Waals surface area contributed by atoms with Crippen molar-refractivity contribution in [1.82, 2.24) is 0 Å². The zero-order chi connectivity index (χ0) is 15.8. The van der Waals surface area contributed by atoms with Gasteiger partial charge in [0.15, 0.2) is 0 Å². The summed E-state index contributed by atoms with van der Waals surface area (Å²) in [6.07, 6.45) is 1.12. The molecule has 2 N–H and O–H groups in total. The summed E-state index contributed by atoms with van der Waals surface area (Å²) < 4.78 is 4.74. The average molecular weight is 294 g/mol. The number of hydrogen-bond acceptors (Lipinski definition) is 5. The third-order valence-corrected chi connectivity index (χ3v) is 3.06. The maximum absolute atomic E-state index is 11.8. The predicted molar refractivity (Wildman–Crippen MR) is 77.6 cm³/mol. The molecular formula is C16H22O5. The minimum absolute atomic E-state index is 0.0937. The van der Waals surface area contributed by atoms with Crippen LogP contribution in [0.3, 0.4) is 0 Å². The normalized spacial score (nSPS) is 12.2. The molecule has 0 aromatic heterocycles. The molecule has 0 saturated heterocycles. The number of esters is 2. The van der Waals surface area contributed by atoms with E-state index in [-0.39, 0.29) is 18.1 Å². The Morgan fingerprint density at radius 3 is 2.57 bits per heavy atom. The summed E-state index contributed by atoms with van der Waals surface area (Å²) in [5, 5.41) is 18.7. The van der Waals surface area contributed by atoms with E-state index < -0.39 is 18.0 Å². The van der Waals surface area contributed by atoms with Gasteiger partial charge in [-0.25, -0.2) is 4.79 Å². The fourth-order valence-corrected chi connectivity index (χ4v) is 1.76. The van der Waals surface area contributed by atoms with Gasteiger partial charge in [0, 0.05) is 6.61 Å². The number of unbranched alkanes of at least 4 members (excludes halogenated alkanes) is 1. The van der Waals surface area contributed by atoms with E-state index in [2.05, 4.69) is 0 Å². The van der Waals surface area contributed by atoms with E-state index >= 15 is 0 Å². The second-order valence-electron chi connectivity index (χ2n) is 5.22. The number of carbonyl (C=O) groups excluding carboxylic acids is 2. The summed E-state index contributed by atoms with van der Waals surface area (Å²) in [7, 11) is 0. The zero-order valence-corrected chi connectivity index (χ0v) is 12.4. The number of benzene rings is 1. The maximum Gasteiger partial charge on any atom is 0.345 e. The van der Waals surface area contributed by atoms with Crippen LogP contribution in [0.25, 0.3) is 0 Å². The Bertz CT molecular complexity index is 481. The summed E-state index contributed by atoms with van der Waals surface area (Å²) in [5.41, 5.74) is 0.835. The highest BCUT2D eigenvalue weighted by atomic mass is 16.6. The molecular weight excluding hydrogens is 272 g/mol. The molecule has 0 aliphatic rings. The number of carbonyl (C=O) groups is 2. The first-order chi connectivity index (χ1) is 9.95. The first kappa shape index (κ1) is 17.3. The van der Waals surface area contributed by atoms with Crippen LogP contribution in [0.4, 0.5) is 0 Å². The third kappa shape index (κ3) is 5.65. The number of rotatable bonds is 7. The lowest BCUT2D eigenvalue weighted by Crippen LogP contribution is -2.17. The molecule has 5 heteroatoms. The highest BCUT2D eigenvalue weighted by Crippen LogP contribution is 2.20. The summed E-state index contributed by atoms with van der Waals surface area (Å²) in [6, 6.07) is 6.42. The number of aliphatic hydroxyl groups excluding tert-OH is 2. The summed E-state index contributed by atoms with van der Waals surface area (Å²) in [5.74, 6) is -1.66. The van der Waals surface area contributed by atoms with Crippen LogP contribution in [0, 0.1) is 5.92 Å².